The smallest absolute Gasteiger partial charge is 0.263 e. The van der Waals surface area contributed by atoms with Crippen molar-refractivity contribution in [3.05, 3.63) is 65.2 Å². The molecule has 2 aromatic carbocycles. The van der Waals surface area contributed by atoms with E-state index in [0.29, 0.717) is 13.1 Å². The number of fused-ring (bicyclic) bond motifs is 1. The van der Waals surface area contributed by atoms with Crippen LogP contribution in [0.2, 0.25) is 0 Å². The van der Waals surface area contributed by atoms with Gasteiger partial charge in [0.1, 0.15) is 5.75 Å². The predicted octanol–water partition coefficient (Wildman–Crippen LogP) is 4.38. The molecule has 132 valence electrons. The monoisotopic (exact) mass is 337 g/mol. The minimum Gasteiger partial charge on any atom is -0.481 e. The Kier molecular flexibility index (Phi) is 5.75. The maximum Gasteiger partial charge on any atom is 0.263 e. The molecule has 0 aromatic heterocycles. The van der Waals surface area contributed by atoms with E-state index in [1.165, 1.54) is 24.0 Å². The first-order chi connectivity index (χ1) is 12.2. The summed E-state index contributed by atoms with van der Waals surface area (Å²) < 4.78 is 5.97. The Hall–Kier alpha value is -2.29. The van der Waals surface area contributed by atoms with E-state index in [0.717, 1.165) is 24.2 Å². The van der Waals surface area contributed by atoms with E-state index in [4.69, 9.17) is 4.74 Å². The number of ether oxygens (including phenoxy) is 1. The molecule has 0 heterocycles. The molecule has 2 aromatic rings. The summed E-state index contributed by atoms with van der Waals surface area (Å²) in [6, 6.07) is 16.4. The van der Waals surface area contributed by atoms with Gasteiger partial charge in [0.05, 0.1) is 0 Å². The quantitative estimate of drug-likeness (QED) is 0.783. The summed E-state index contributed by atoms with van der Waals surface area (Å²) in [6.07, 6.45) is 4.30. The Morgan fingerprint density at radius 3 is 2.52 bits per heavy atom. The van der Waals surface area contributed by atoms with Gasteiger partial charge in [-0.05, 0) is 68.4 Å². The third kappa shape index (κ3) is 4.41. The molecule has 3 nitrogen and oxygen atoms in total. The van der Waals surface area contributed by atoms with Crippen molar-refractivity contribution in [3.63, 3.8) is 0 Å². The Morgan fingerprint density at radius 1 is 1.08 bits per heavy atom. The SMILES string of the molecule is CCN(Cc1ccccc1)C(=O)[C@@H](C)Oc1ccc2c(c1)CCCC2. The largest absolute Gasteiger partial charge is 0.481 e. The van der Waals surface area contributed by atoms with Gasteiger partial charge in [0.2, 0.25) is 0 Å². The van der Waals surface area contributed by atoms with Gasteiger partial charge in [-0.2, -0.15) is 0 Å². The third-order valence-electron chi connectivity index (χ3n) is 4.89. The molecular formula is C22H27NO2. The molecule has 0 bridgehead atoms. The van der Waals surface area contributed by atoms with Crippen molar-refractivity contribution in [2.75, 3.05) is 6.54 Å². The summed E-state index contributed by atoms with van der Waals surface area (Å²) in [5, 5.41) is 0. The van der Waals surface area contributed by atoms with Crippen molar-refractivity contribution >= 4 is 5.91 Å². The number of nitrogens with zero attached hydrogens (tertiary/aromatic N) is 1. The lowest BCUT2D eigenvalue weighted by Crippen LogP contribution is -2.40. The molecule has 0 N–H and O–H groups in total. The van der Waals surface area contributed by atoms with Crippen LogP contribution in [0.25, 0.3) is 0 Å². The molecule has 0 aliphatic heterocycles. The van der Waals surface area contributed by atoms with Crippen molar-refractivity contribution in [3.8, 4) is 5.75 Å². The minimum absolute atomic E-state index is 0.0315. The summed E-state index contributed by atoms with van der Waals surface area (Å²) in [5.41, 5.74) is 3.94. The molecule has 0 unspecified atom stereocenters. The van der Waals surface area contributed by atoms with Crippen LogP contribution in [0.4, 0.5) is 0 Å². The molecule has 0 fully saturated rings. The van der Waals surface area contributed by atoms with Crippen LogP contribution in [0.3, 0.4) is 0 Å². The predicted molar refractivity (Wildman–Crippen MR) is 101 cm³/mol. The maximum absolute atomic E-state index is 12.8. The summed E-state index contributed by atoms with van der Waals surface area (Å²) in [6.45, 7) is 5.14. The molecule has 0 saturated heterocycles. The first kappa shape index (κ1) is 17.5. The highest BCUT2D eigenvalue weighted by molar-refractivity contribution is 5.80. The number of hydrogen-bond acceptors (Lipinski definition) is 2. The number of rotatable bonds is 6. The van der Waals surface area contributed by atoms with Crippen molar-refractivity contribution in [1.29, 1.82) is 0 Å². The summed E-state index contributed by atoms with van der Waals surface area (Å²) in [5.74, 6) is 0.835. The fourth-order valence-electron chi connectivity index (χ4n) is 3.44. The second-order valence-electron chi connectivity index (χ2n) is 6.74. The Balaban J connectivity index is 1.65. The fourth-order valence-corrected chi connectivity index (χ4v) is 3.44. The van der Waals surface area contributed by atoms with Crippen LogP contribution in [-0.4, -0.2) is 23.5 Å². The van der Waals surface area contributed by atoms with Gasteiger partial charge in [0.15, 0.2) is 6.10 Å². The molecule has 3 heteroatoms. The van der Waals surface area contributed by atoms with Crippen LogP contribution in [0.5, 0.6) is 5.75 Å². The fraction of sp³-hybridized carbons (Fsp3) is 0.409. The van der Waals surface area contributed by atoms with Crippen molar-refractivity contribution in [2.24, 2.45) is 0 Å². The summed E-state index contributed by atoms with van der Waals surface area (Å²) in [7, 11) is 0. The highest BCUT2D eigenvalue weighted by atomic mass is 16.5. The molecule has 25 heavy (non-hydrogen) atoms. The lowest BCUT2D eigenvalue weighted by Gasteiger charge is -2.25. The van der Waals surface area contributed by atoms with Crippen molar-refractivity contribution in [1.82, 2.24) is 4.90 Å². The van der Waals surface area contributed by atoms with Crippen LogP contribution < -0.4 is 4.74 Å². The van der Waals surface area contributed by atoms with Gasteiger partial charge in [-0.15, -0.1) is 0 Å². The normalized spacial score (nSPS) is 14.5. The molecule has 1 aliphatic rings. The van der Waals surface area contributed by atoms with E-state index in [1.54, 1.807) is 0 Å². The summed E-state index contributed by atoms with van der Waals surface area (Å²) in [4.78, 5) is 14.6. The topological polar surface area (TPSA) is 29.5 Å². The van der Waals surface area contributed by atoms with Crippen LogP contribution in [0.15, 0.2) is 48.5 Å². The van der Waals surface area contributed by atoms with Crippen molar-refractivity contribution < 1.29 is 9.53 Å². The lowest BCUT2D eigenvalue weighted by molar-refractivity contribution is -0.138. The first-order valence-electron chi connectivity index (χ1n) is 9.28. The van der Waals surface area contributed by atoms with Gasteiger partial charge >= 0.3 is 0 Å². The number of likely N-dealkylation sites (N-methyl/N-ethyl adjacent to an activating group) is 1. The second kappa shape index (κ2) is 8.19. The van der Waals surface area contributed by atoms with Crippen LogP contribution in [-0.2, 0) is 24.2 Å². The van der Waals surface area contributed by atoms with Gasteiger partial charge in [-0.1, -0.05) is 36.4 Å². The number of amides is 1. The van der Waals surface area contributed by atoms with Gasteiger partial charge < -0.3 is 9.64 Å². The highest BCUT2D eigenvalue weighted by Gasteiger charge is 2.21. The van der Waals surface area contributed by atoms with Gasteiger partial charge in [-0.3, -0.25) is 4.79 Å². The van der Waals surface area contributed by atoms with E-state index >= 15 is 0 Å². The zero-order chi connectivity index (χ0) is 17.6. The molecule has 0 saturated carbocycles. The zero-order valence-corrected chi connectivity index (χ0v) is 15.2. The van der Waals surface area contributed by atoms with E-state index in [-0.39, 0.29) is 5.91 Å². The zero-order valence-electron chi connectivity index (χ0n) is 15.2. The first-order valence-corrected chi connectivity index (χ1v) is 9.28. The number of hydrogen-bond donors (Lipinski definition) is 0. The van der Waals surface area contributed by atoms with Crippen LogP contribution in [0, 0.1) is 0 Å². The average molecular weight is 337 g/mol. The Bertz CT molecular complexity index is 711. The number of carbonyl (C=O) groups excluding carboxylic acids is 1. The molecule has 0 radical (unpaired) electrons. The molecule has 1 amide bonds. The maximum atomic E-state index is 12.8. The van der Waals surface area contributed by atoms with Crippen LogP contribution >= 0.6 is 0 Å². The molecule has 1 atom stereocenters. The van der Waals surface area contributed by atoms with Crippen molar-refractivity contribution in [2.45, 2.75) is 52.2 Å². The van der Waals surface area contributed by atoms with Gasteiger partial charge in [0.25, 0.3) is 5.91 Å². The van der Waals surface area contributed by atoms with E-state index in [1.807, 2.05) is 55.1 Å². The van der Waals surface area contributed by atoms with Gasteiger partial charge in [-0.25, -0.2) is 0 Å². The number of aryl methyl sites for hydroxylation is 2. The standard InChI is InChI=1S/C22H27NO2/c1-3-23(16-18-9-5-4-6-10-18)22(24)17(2)25-21-14-13-19-11-7-8-12-20(19)15-21/h4-6,9-10,13-15,17H,3,7-8,11-12,16H2,1-2H3/t17-/m1/s1. The number of carbonyl (C=O) groups is 1. The van der Waals surface area contributed by atoms with E-state index in [2.05, 4.69) is 12.1 Å². The van der Waals surface area contributed by atoms with Crippen LogP contribution in [0.1, 0.15) is 43.4 Å². The Morgan fingerprint density at radius 2 is 1.80 bits per heavy atom. The molecule has 0 spiro atoms. The third-order valence-corrected chi connectivity index (χ3v) is 4.89. The highest BCUT2D eigenvalue weighted by Crippen LogP contribution is 2.26. The molecule has 3 rings (SSSR count). The molecular weight excluding hydrogens is 310 g/mol. The van der Waals surface area contributed by atoms with E-state index < -0.39 is 6.10 Å². The summed E-state index contributed by atoms with van der Waals surface area (Å²) >= 11 is 0. The Labute approximate surface area is 150 Å². The van der Waals surface area contributed by atoms with E-state index in [9.17, 15) is 4.79 Å². The minimum atomic E-state index is -0.481. The molecule has 1 aliphatic carbocycles. The second-order valence-corrected chi connectivity index (χ2v) is 6.74. The number of benzene rings is 2. The lowest BCUT2D eigenvalue weighted by atomic mass is 9.92. The van der Waals surface area contributed by atoms with Gasteiger partial charge in [0, 0.05) is 13.1 Å². The average Bonchev–Trinajstić information content (AvgIpc) is 2.66.